The van der Waals surface area contributed by atoms with Crippen LogP contribution < -0.4 is 0 Å². The molecule has 7 heteroatoms. The van der Waals surface area contributed by atoms with E-state index in [0.717, 1.165) is 22.9 Å². The SMILES string of the molecule is Fc1cc(F)c(CN2CCc3nc(-c4cccnc4)ncc3C2)cc1F. The quantitative estimate of drug-likeness (QED) is 0.674. The predicted octanol–water partition coefficient (Wildman–Crippen LogP) is 3.51. The number of pyridine rings is 1. The second-order valence-corrected chi connectivity index (χ2v) is 6.23. The van der Waals surface area contributed by atoms with Gasteiger partial charge in [0.2, 0.25) is 0 Å². The maximum atomic E-state index is 13.9. The number of hydrogen-bond acceptors (Lipinski definition) is 4. The molecule has 0 atom stereocenters. The fourth-order valence-corrected chi connectivity index (χ4v) is 3.07. The van der Waals surface area contributed by atoms with E-state index in [1.54, 1.807) is 18.6 Å². The molecule has 0 N–H and O–H groups in total. The van der Waals surface area contributed by atoms with Gasteiger partial charge in [0.15, 0.2) is 17.5 Å². The Balaban J connectivity index is 1.53. The lowest BCUT2D eigenvalue weighted by Gasteiger charge is -2.28. The smallest absolute Gasteiger partial charge is 0.161 e. The lowest BCUT2D eigenvalue weighted by Crippen LogP contribution is -2.31. The lowest BCUT2D eigenvalue weighted by molar-refractivity contribution is 0.239. The van der Waals surface area contributed by atoms with Crippen molar-refractivity contribution in [2.45, 2.75) is 19.5 Å². The Kier molecular flexibility index (Phi) is 4.38. The first-order valence-electron chi connectivity index (χ1n) is 8.21. The summed E-state index contributed by atoms with van der Waals surface area (Å²) in [6, 6.07) is 5.24. The van der Waals surface area contributed by atoms with Crippen LogP contribution in [0.3, 0.4) is 0 Å². The summed E-state index contributed by atoms with van der Waals surface area (Å²) in [5.41, 5.74) is 2.88. The van der Waals surface area contributed by atoms with Crippen LogP contribution >= 0.6 is 0 Å². The van der Waals surface area contributed by atoms with E-state index in [1.165, 1.54) is 0 Å². The summed E-state index contributed by atoms with van der Waals surface area (Å²) < 4.78 is 40.3. The Bertz CT molecular complexity index is 947. The maximum Gasteiger partial charge on any atom is 0.161 e. The first-order valence-corrected chi connectivity index (χ1v) is 8.21. The first-order chi connectivity index (χ1) is 12.6. The predicted molar refractivity (Wildman–Crippen MR) is 89.4 cm³/mol. The Morgan fingerprint density at radius 3 is 2.69 bits per heavy atom. The minimum absolute atomic E-state index is 0.139. The molecule has 26 heavy (non-hydrogen) atoms. The molecule has 1 aliphatic rings. The highest BCUT2D eigenvalue weighted by Gasteiger charge is 2.21. The van der Waals surface area contributed by atoms with Crippen molar-refractivity contribution in [2.75, 3.05) is 6.54 Å². The van der Waals surface area contributed by atoms with Crippen molar-refractivity contribution in [3.63, 3.8) is 0 Å². The highest BCUT2D eigenvalue weighted by molar-refractivity contribution is 5.53. The van der Waals surface area contributed by atoms with Gasteiger partial charge in [-0.25, -0.2) is 23.1 Å². The molecule has 2 aromatic heterocycles. The Labute approximate surface area is 148 Å². The number of fused-ring (bicyclic) bond motifs is 1. The molecule has 0 aliphatic carbocycles. The normalized spacial score (nSPS) is 14.3. The second kappa shape index (κ2) is 6.84. The molecular weight excluding hydrogens is 341 g/mol. The molecule has 0 bridgehead atoms. The third kappa shape index (κ3) is 3.30. The molecule has 0 spiro atoms. The van der Waals surface area contributed by atoms with Gasteiger partial charge in [0.05, 0.1) is 5.69 Å². The van der Waals surface area contributed by atoms with Crippen molar-refractivity contribution in [2.24, 2.45) is 0 Å². The Morgan fingerprint density at radius 1 is 1.04 bits per heavy atom. The fourth-order valence-electron chi connectivity index (χ4n) is 3.07. The molecule has 3 heterocycles. The molecule has 0 amide bonds. The van der Waals surface area contributed by atoms with Crippen molar-refractivity contribution in [3.05, 3.63) is 77.1 Å². The number of hydrogen-bond donors (Lipinski definition) is 0. The monoisotopic (exact) mass is 356 g/mol. The summed E-state index contributed by atoms with van der Waals surface area (Å²) in [4.78, 5) is 15.0. The molecule has 4 nitrogen and oxygen atoms in total. The summed E-state index contributed by atoms with van der Waals surface area (Å²) in [7, 11) is 0. The number of halogens is 3. The van der Waals surface area contributed by atoms with Crippen LogP contribution in [0.5, 0.6) is 0 Å². The van der Waals surface area contributed by atoms with Gasteiger partial charge in [-0.3, -0.25) is 9.88 Å². The minimum atomic E-state index is -1.17. The van der Waals surface area contributed by atoms with E-state index in [-0.39, 0.29) is 12.1 Å². The summed E-state index contributed by atoms with van der Waals surface area (Å²) in [5, 5.41) is 0. The Morgan fingerprint density at radius 2 is 1.88 bits per heavy atom. The third-order valence-electron chi connectivity index (χ3n) is 4.42. The van der Waals surface area contributed by atoms with Crippen molar-refractivity contribution >= 4 is 0 Å². The summed E-state index contributed by atoms with van der Waals surface area (Å²) in [5.74, 6) is -2.33. The van der Waals surface area contributed by atoms with Crippen LogP contribution in [-0.4, -0.2) is 26.4 Å². The standard InChI is InChI=1S/C19H15F3N4/c20-15-7-17(22)16(21)6-13(15)10-26-5-3-18-14(11-26)9-24-19(25-18)12-2-1-4-23-8-12/h1-2,4,6-9H,3,5,10-11H2. The van der Waals surface area contributed by atoms with Crippen LogP contribution in [0, 0.1) is 17.5 Å². The average Bonchev–Trinajstić information content (AvgIpc) is 2.66. The fraction of sp³-hybridized carbons (Fsp3) is 0.211. The van der Waals surface area contributed by atoms with Gasteiger partial charge >= 0.3 is 0 Å². The first kappa shape index (κ1) is 16.7. The van der Waals surface area contributed by atoms with Gasteiger partial charge in [-0.05, 0) is 18.2 Å². The molecule has 0 fully saturated rings. The van der Waals surface area contributed by atoms with E-state index in [1.807, 2.05) is 17.0 Å². The topological polar surface area (TPSA) is 41.9 Å². The van der Waals surface area contributed by atoms with E-state index in [2.05, 4.69) is 15.0 Å². The van der Waals surface area contributed by atoms with Gasteiger partial charge in [0.25, 0.3) is 0 Å². The molecule has 4 rings (SSSR count). The highest BCUT2D eigenvalue weighted by atomic mass is 19.2. The maximum absolute atomic E-state index is 13.9. The van der Waals surface area contributed by atoms with Gasteiger partial charge in [0.1, 0.15) is 5.82 Å². The summed E-state index contributed by atoms with van der Waals surface area (Å²) >= 11 is 0. The zero-order chi connectivity index (χ0) is 18.1. The molecule has 132 valence electrons. The molecule has 0 saturated heterocycles. The molecule has 1 aromatic carbocycles. The van der Waals surface area contributed by atoms with Crippen LogP contribution in [0.2, 0.25) is 0 Å². The second-order valence-electron chi connectivity index (χ2n) is 6.23. The number of nitrogens with zero attached hydrogens (tertiary/aromatic N) is 4. The van der Waals surface area contributed by atoms with Gasteiger partial charge in [0, 0.05) is 67.4 Å². The number of rotatable bonds is 3. The minimum Gasteiger partial charge on any atom is -0.294 e. The largest absolute Gasteiger partial charge is 0.294 e. The Hall–Kier alpha value is -2.80. The zero-order valence-corrected chi connectivity index (χ0v) is 13.8. The van der Waals surface area contributed by atoms with Gasteiger partial charge in [-0.15, -0.1) is 0 Å². The zero-order valence-electron chi connectivity index (χ0n) is 13.8. The molecule has 0 radical (unpaired) electrons. The van der Waals surface area contributed by atoms with E-state index in [9.17, 15) is 13.2 Å². The molecule has 1 aliphatic heterocycles. The molecular formula is C19H15F3N4. The molecule has 0 unspecified atom stereocenters. The van der Waals surface area contributed by atoms with Crippen LogP contribution in [0.15, 0.2) is 42.9 Å². The molecule has 3 aromatic rings. The third-order valence-corrected chi connectivity index (χ3v) is 4.42. The van der Waals surface area contributed by atoms with Crippen molar-refractivity contribution in [1.82, 2.24) is 19.9 Å². The van der Waals surface area contributed by atoms with Crippen LogP contribution in [0.25, 0.3) is 11.4 Å². The lowest BCUT2D eigenvalue weighted by atomic mass is 10.1. The highest BCUT2D eigenvalue weighted by Crippen LogP contribution is 2.23. The van der Waals surface area contributed by atoms with Crippen molar-refractivity contribution in [3.8, 4) is 11.4 Å². The summed E-state index contributed by atoms with van der Waals surface area (Å²) in [6.07, 6.45) is 5.84. The van der Waals surface area contributed by atoms with E-state index >= 15 is 0 Å². The van der Waals surface area contributed by atoms with Gasteiger partial charge in [-0.2, -0.15) is 0 Å². The average molecular weight is 356 g/mol. The molecule has 0 saturated carbocycles. The van der Waals surface area contributed by atoms with Crippen molar-refractivity contribution in [1.29, 1.82) is 0 Å². The van der Waals surface area contributed by atoms with Crippen LogP contribution in [-0.2, 0) is 19.5 Å². The number of aromatic nitrogens is 3. The number of benzene rings is 1. The van der Waals surface area contributed by atoms with Gasteiger partial charge in [-0.1, -0.05) is 0 Å². The van der Waals surface area contributed by atoms with E-state index in [0.29, 0.717) is 31.4 Å². The van der Waals surface area contributed by atoms with Crippen LogP contribution in [0.4, 0.5) is 13.2 Å². The van der Waals surface area contributed by atoms with Gasteiger partial charge < -0.3 is 0 Å². The van der Waals surface area contributed by atoms with E-state index in [4.69, 9.17) is 0 Å². The van der Waals surface area contributed by atoms with Crippen molar-refractivity contribution < 1.29 is 13.2 Å². The summed E-state index contributed by atoms with van der Waals surface area (Å²) in [6.45, 7) is 1.38. The van der Waals surface area contributed by atoms with E-state index < -0.39 is 17.5 Å². The van der Waals surface area contributed by atoms with Crippen LogP contribution in [0.1, 0.15) is 16.8 Å².